The fraction of sp³-hybridized carbons (Fsp3) is 0.300. The molecule has 1 aliphatic heterocycles. The first-order chi connectivity index (χ1) is 14.3. The Hall–Kier alpha value is -3.16. The van der Waals surface area contributed by atoms with Gasteiger partial charge in [-0.05, 0) is 29.8 Å². The molecule has 0 radical (unpaired) electrons. The van der Waals surface area contributed by atoms with Crippen LogP contribution in [0.15, 0.2) is 30.5 Å². The smallest absolute Gasteiger partial charge is 0.211 e. The van der Waals surface area contributed by atoms with E-state index in [0.29, 0.717) is 65.5 Å². The van der Waals surface area contributed by atoms with Crippen LogP contribution >= 0.6 is 0 Å². The van der Waals surface area contributed by atoms with Gasteiger partial charge in [-0.25, -0.2) is 17.8 Å². The summed E-state index contributed by atoms with van der Waals surface area (Å²) in [5.74, 6) is 0.648. The number of nitrogens with zero attached hydrogens (tertiary/aromatic N) is 4. The third kappa shape index (κ3) is 3.46. The Labute approximate surface area is 173 Å². The number of H-pyrrole nitrogens is 1. The lowest BCUT2D eigenvalue weighted by Crippen LogP contribution is -2.48. The van der Waals surface area contributed by atoms with E-state index in [2.05, 4.69) is 16.0 Å². The standard InChI is InChI=1S/C20H20FN5O3S/c1-29-17-4-3-13(21)11-15(17)14-5-6-23-19-18(14)16(12-22)20(24-19)25-7-9-26(10-8-25)30(2,27)28/h3-6,11H,7-10H2,1-2H3,(H,23,24). The lowest BCUT2D eigenvalue weighted by Gasteiger charge is -2.34. The summed E-state index contributed by atoms with van der Waals surface area (Å²) in [7, 11) is -1.75. The molecule has 4 rings (SSSR count). The fourth-order valence-electron chi connectivity index (χ4n) is 3.81. The minimum Gasteiger partial charge on any atom is -0.496 e. The number of piperazine rings is 1. The van der Waals surface area contributed by atoms with Crippen molar-refractivity contribution in [3.05, 3.63) is 41.8 Å². The lowest BCUT2D eigenvalue weighted by molar-refractivity contribution is 0.387. The van der Waals surface area contributed by atoms with E-state index in [9.17, 15) is 18.1 Å². The van der Waals surface area contributed by atoms with Crippen molar-refractivity contribution in [3.8, 4) is 22.9 Å². The van der Waals surface area contributed by atoms with Gasteiger partial charge in [-0.1, -0.05) is 0 Å². The molecule has 8 nitrogen and oxygen atoms in total. The van der Waals surface area contributed by atoms with Crippen LogP contribution in [0.3, 0.4) is 0 Å². The van der Waals surface area contributed by atoms with Gasteiger partial charge < -0.3 is 14.6 Å². The van der Waals surface area contributed by atoms with Gasteiger partial charge in [-0.2, -0.15) is 9.57 Å². The number of hydrogen-bond donors (Lipinski definition) is 1. The van der Waals surface area contributed by atoms with E-state index in [-0.39, 0.29) is 0 Å². The maximum atomic E-state index is 14.0. The summed E-state index contributed by atoms with van der Waals surface area (Å²) in [5, 5.41) is 10.5. The van der Waals surface area contributed by atoms with Gasteiger partial charge in [0.15, 0.2) is 0 Å². The van der Waals surface area contributed by atoms with Crippen LogP contribution < -0.4 is 9.64 Å². The van der Waals surface area contributed by atoms with Crippen molar-refractivity contribution in [2.45, 2.75) is 0 Å². The van der Waals surface area contributed by atoms with Crippen LogP contribution in [-0.2, 0) is 10.0 Å². The van der Waals surface area contributed by atoms with Crippen LogP contribution in [0.25, 0.3) is 22.2 Å². The Morgan fingerprint density at radius 2 is 1.93 bits per heavy atom. The Kier molecular flexibility index (Phi) is 5.09. The van der Waals surface area contributed by atoms with Crippen molar-refractivity contribution in [2.75, 3.05) is 44.4 Å². The summed E-state index contributed by atoms with van der Waals surface area (Å²) in [6.45, 7) is 1.54. The van der Waals surface area contributed by atoms with Crippen LogP contribution in [0.5, 0.6) is 5.75 Å². The van der Waals surface area contributed by atoms with Crippen molar-refractivity contribution in [1.29, 1.82) is 5.26 Å². The zero-order valence-corrected chi connectivity index (χ0v) is 17.3. The molecule has 3 aromatic rings. The molecule has 1 fully saturated rings. The van der Waals surface area contributed by atoms with E-state index in [1.807, 2.05) is 4.90 Å². The quantitative estimate of drug-likeness (QED) is 0.683. The van der Waals surface area contributed by atoms with Crippen LogP contribution in [-0.4, -0.2) is 62.2 Å². The summed E-state index contributed by atoms with van der Waals surface area (Å²) in [4.78, 5) is 9.48. The number of nitriles is 1. The highest BCUT2D eigenvalue weighted by atomic mass is 32.2. The second-order valence-electron chi connectivity index (χ2n) is 7.04. The molecule has 1 N–H and O–H groups in total. The van der Waals surface area contributed by atoms with Crippen LogP contribution in [0.4, 0.5) is 10.2 Å². The third-order valence-electron chi connectivity index (χ3n) is 5.26. The first-order valence-corrected chi connectivity index (χ1v) is 11.1. The molecule has 30 heavy (non-hydrogen) atoms. The van der Waals surface area contributed by atoms with Crippen molar-refractivity contribution < 1.29 is 17.5 Å². The van der Waals surface area contributed by atoms with Crippen molar-refractivity contribution in [3.63, 3.8) is 0 Å². The van der Waals surface area contributed by atoms with E-state index in [1.54, 1.807) is 18.3 Å². The van der Waals surface area contributed by atoms with Crippen LogP contribution in [0.1, 0.15) is 5.56 Å². The maximum absolute atomic E-state index is 14.0. The van der Waals surface area contributed by atoms with E-state index in [4.69, 9.17) is 4.74 Å². The highest BCUT2D eigenvalue weighted by Gasteiger charge is 2.27. The Balaban J connectivity index is 1.82. The molecule has 0 spiro atoms. The van der Waals surface area contributed by atoms with Gasteiger partial charge in [-0.15, -0.1) is 0 Å². The summed E-state index contributed by atoms with van der Waals surface area (Å²) >= 11 is 0. The number of anilines is 1. The lowest BCUT2D eigenvalue weighted by atomic mass is 10.00. The average molecular weight is 429 g/mol. The summed E-state index contributed by atoms with van der Waals surface area (Å²) in [6, 6.07) is 8.19. The summed E-state index contributed by atoms with van der Waals surface area (Å²) in [5.41, 5.74) is 2.03. The largest absolute Gasteiger partial charge is 0.496 e. The van der Waals surface area contributed by atoms with Gasteiger partial charge in [-0.3, -0.25) is 0 Å². The first-order valence-electron chi connectivity index (χ1n) is 9.28. The molecule has 0 bridgehead atoms. The van der Waals surface area contributed by atoms with E-state index in [0.717, 1.165) is 0 Å². The molecule has 1 aromatic carbocycles. The van der Waals surface area contributed by atoms with Crippen LogP contribution in [0, 0.1) is 17.1 Å². The molecule has 10 heteroatoms. The SMILES string of the molecule is COc1ccc(F)cc1-c1ccnc2[nH]c(N3CCN(S(C)(=O)=O)CC3)c(C#N)c12. The minimum atomic E-state index is -3.26. The number of pyridine rings is 1. The molecule has 0 amide bonds. The predicted molar refractivity (Wildman–Crippen MR) is 111 cm³/mol. The molecular weight excluding hydrogens is 409 g/mol. The van der Waals surface area contributed by atoms with E-state index >= 15 is 0 Å². The Morgan fingerprint density at radius 3 is 2.57 bits per heavy atom. The predicted octanol–water partition coefficient (Wildman–Crippen LogP) is 2.33. The normalized spacial score (nSPS) is 15.3. The topological polar surface area (TPSA) is 102 Å². The Morgan fingerprint density at radius 1 is 1.20 bits per heavy atom. The highest BCUT2D eigenvalue weighted by Crippen LogP contribution is 2.39. The average Bonchev–Trinajstić information content (AvgIpc) is 3.12. The van der Waals surface area contributed by atoms with Gasteiger partial charge in [0, 0.05) is 43.3 Å². The molecule has 2 aromatic heterocycles. The molecule has 0 saturated carbocycles. The number of aromatic amines is 1. The number of ether oxygens (including phenoxy) is 1. The van der Waals surface area contributed by atoms with Gasteiger partial charge in [0.1, 0.15) is 34.7 Å². The minimum absolute atomic E-state index is 0.330. The molecule has 3 heterocycles. The number of fused-ring (bicyclic) bond motifs is 1. The third-order valence-corrected chi connectivity index (χ3v) is 6.57. The van der Waals surface area contributed by atoms with E-state index < -0.39 is 15.8 Å². The maximum Gasteiger partial charge on any atom is 0.211 e. The van der Waals surface area contributed by atoms with Crippen LogP contribution in [0.2, 0.25) is 0 Å². The fourth-order valence-corrected chi connectivity index (χ4v) is 4.63. The molecule has 156 valence electrons. The number of benzene rings is 1. The zero-order chi connectivity index (χ0) is 21.5. The molecule has 1 aliphatic rings. The second-order valence-corrected chi connectivity index (χ2v) is 9.02. The van der Waals surface area contributed by atoms with Crippen molar-refractivity contribution in [2.24, 2.45) is 0 Å². The number of hydrogen-bond acceptors (Lipinski definition) is 6. The summed E-state index contributed by atoms with van der Waals surface area (Å²) < 4.78 is 44.3. The van der Waals surface area contributed by atoms with E-state index in [1.165, 1.54) is 29.8 Å². The number of nitrogens with one attached hydrogen (secondary N) is 1. The molecule has 1 saturated heterocycles. The molecule has 0 aliphatic carbocycles. The highest BCUT2D eigenvalue weighted by molar-refractivity contribution is 7.88. The first kappa shape index (κ1) is 20.1. The van der Waals surface area contributed by atoms with Crippen molar-refractivity contribution in [1.82, 2.24) is 14.3 Å². The van der Waals surface area contributed by atoms with Gasteiger partial charge in [0.25, 0.3) is 0 Å². The number of halogens is 1. The molecular formula is C20H20FN5O3S. The second kappa shape index (κ2) is 7.59. The van der Waals surface area contributed by atoms with Gasteiger partial charge in [0.05, 0.1) is 13.4 Å². The van der Waals surface area contributed by atoms with Crippen molar-refractivity contribution >= 4 is 26.9 Å². The number of sulfonamides is 1. The van der Waals surface area contributed by atoms with Gasteiger partial charge >= 0.3 is 0 Å². The molecule has 0 atom stereocenters. The zero-order valence-electron chi connectivity index (χ0n) is 16.5. The number of methoxy groups -OCH3 is 1. The number of rotatable bonds is 4. The number of aromatic nitrogens is 2. The molecule has 0 unspecified atom stereocenters. The summed E-state index contributed by atoms with van der Waals surface area (Å²) in [6.07, 6.45) is 2.78. The van der Waals surface area contributed by atoms with Gasteiger partial charge in [0.2, 0.25) is 10.0 Å². The Bertz CT molecular complexity index is 1260. The monoisotopic (exact) mass is 429 g/mol.